The number of nitrogens with two attached hydrogens (primary N) is 1. The first-order valence-corrected chi connectivity index (χ1v) is 9.10. The second kappa shape index (κ2) is 6.50. The van der Waals surface area contributed by atoms with Gasteiger partial charge in [-0.3, -0.25) is 0 Å². The van der Waals surface area contributed by atoms with E-state index in [-0.39, 0.29) is 11.4 Å². The molecule has 2 aromatic carbocycles. The van der Waals surface area contributed by atoms with Gasteiger partial charge in [0.15, 0.2) is 0 Å². The largest absolute Gasteiger partial charge is 0.324 e. The summed E-state index contributed by atoms with van der Waals surface area (Å²) in [6.45, 7) is 3.72. The van der Waals surface area contributed by atoms with Crippen LogP contribution in [-0.4, -0.2) is 20.5 Å². The maximum atomic E-state index is 12.2. The van der Waals surface area contributed by atoms with Crippen LogP contribution in [0, 0.1) is 0 Å². The SMILES string of the molecule is CC(C)(N)CNS(=O)(=O)c1ccc(-c2ccc(Br)cc2)cc1. The minimum Gasteiger partial charge on any atom is -0.324 e. The molecule has 0 aromatic heterocycles. The average Bonchev–Trinajstić information content (AvgIpc) is 2.46. The predicted octanol–water partition coefficient (Wildman–Crippen LogP) is 3.13. The van der Waals surface area contributed by atoms with Gasteiger partial charge >= 0.3 is 0 Å². The summed E-state index contributed by atoms with van der Waals surface area (Å²) in [7, 11) is -3.54. The fourth-order valence-electron chi connectivity index (χ4n) is 1.83. The number of hydrogen-bond acceptors (Lipinski definition) is 3. The first-order chi connectivity index (χ1) is 10.2. The van der Waals surface area contributed by atoms with Crippen LogP contribution in [0.3, 0.4) is 0 Å². The number of rotatable bonds is 5. The molecule has 0 saturated carbocycles. The van der Waals surface area contributed by atoms with Crippen LogP contribution in [0.5, 0.6) is 0 Å². The first-order valence-electron chi connectivity index (χ1n) is 6.82. The summed E-state index contributed by atoms with van der Waals surface area (Å²) >= 11 is 3.39. The van der Waals surface area contributed by atoms with Crippen molar-refractivity contribution in [3.63, 3.8) is 0 Å². The van der Waals surface area contributed by atoms with Gasteiger partial charge in [-0.05, 0) is 49.2 Å². The maximum Gasteiger partial charge on any atom is 0.240 e. The van der Waals surface area contributed by atoms with Gasteiger partial charge in [0.05, 0.1) is 4.90 Å². The molecule has 0 fully saturated rings. The van der Waals surface area contributed by atoms with Crippen molar-refractivity contribution < 1.29 is 8.42 Å². The zero-order valence-electron chi connectivity index (χ0n) is 12.5. The minimum atomic E-state index is -3.54. The molecule has 2 rings (SSSR count). The normalized spacial score (nSPS) is 12.4. The molecule has 0 atom stereocenters. The summed E-state index contributed by atoms with van der Waals surface area (Å²) in [5.41, 5.74) is 7.20. The van der Waals surface area contributed by atoms with Gasteiger partial charge in [-0.1, -0.05) is 40.2 Å². The number of sulfonamides is 1. The van der Waals surface area contributed by atoms with Crippen LogP contribution in [-0.2, 0) is 10.0 Å². The van der Waals surface area contributed by atoms with Crippen LogP contribution in [0.15, 0.2) is 57.9 Å². The van der Waals surface area contributed by atoms with Crippen molar-refractivity contribution >= 4 is 26.0 Å². The lowest BCUT2D eigenvalue weighted by molar-refractivity contribution is 0.498. The standard InChI is InChI=1S/C16H19BrN2O2S/c1-16(2,18)11-19-22(20,21)15-9-5-13(6-10-15)12-3-7-14(17)8-4-12/h3-10,19H,11,18H2,1-2H3. The molecular weight excluding hydrogens is 364 g/mol. The van der Waals surface area contributed by atoms with Crippen LogP contribution in [0.1, 0.15) is 13.8 Å². The van der Waals surface area contributed by atoms with Gasteiger partial charge in [0.25, 0.3) is 0 Å². The van der Waals surface area contributed by atoms with Gasteiger partial charge in [-0.25, -0.2) is 13.1 Å². The Morgan fingerprint density at radius 2 is 1.45 bits per heavy atom. The van der Waals surface area contributed by atoms with Gasteiger partial charge in [0, 0.05) is 16.6 Å². The smallest absolute Gasteiger partial charge is 0.240 e. The van der Waals surface area contributed by atoms with E-state index in [0.717, 1.165) is 15.6 Å². The predicted molar refractivity (Wildman–Crippen MR) is 93.0 cm³/mol. The Balaban J connectivity index is 2.19. The van der Waals surface area contributed by atoms with Gasteiger partial charge in [-0.2, -0.15) is 0 Å². The highest BCUT2D eigenvalue weighted by Crippen LogP contribution is 2.23. The van der Waals surface area contributed by atoms with Gasteiger partial charge in [0.1, 0.15) is 0 Å². The van der Waals surface area contributed by atoms with Crippen molar-refractivity contribution in [2.75, 3.05) is 6.54 Å². The summed E-state index contributed by atoms with van der Waals surface area (Å²) in [6.07, 6.45) is 0. The Kier molecular flexibility index (Phi) is 5.07. The van der Waals surface area contributed by atoms with Crippen LogP contribution < -0.4 is 10.5 Å². The summed E-state index contributed by atoms with van der Waals surface area (Å²) in [4.78, 5) is 0.234. The third-order valence-electron chi connectivity index (χ3n) is 3.06. The number of hydrogen-bond donors (Lipinski definition) is 2. The third kappa shape index (κ3) is 4.64. The number of benzene rings is 2. The van der Waals surface area contributed by atoms with E-state index < -0.39 is 15.6 Å². The number of nitrogens with one attached hydrogen (secondary N) is 1. The first kappa shape index (κ1) is 17.1. The highest BCUT2D eigenvalue weighted by Gasteiger charge is 2.18. The van der Waals surface area contributed by atoms with E-state index in [0.29, 0.717) is 0 Å². The fourth-order valence-corrected chi connectivity index (χ4v) is 3.32. The zero-order valence-corrected chi connectivity index (χ0v) is 14.9. The molecule has 0 unspecified atom stereocenters. The fraction of sp³-hybridized carbons (Fsp3) is 0.250. The molecule has 0 saturated heterocycles. The van der Waals surface area contributed by atoms with Crippen LogP contribution in [0.25, 0.3) is 11.1 Å². The molecule has 0 bridgehead atoms. The molecule has 6 heteroatoms. The Hall–Kier alpha value is -1.21. The molecule has 0 radical (unpaired) electrons. The van der Waals surface area contributed by atoms with Crippen molar-refractivity contribution in [2.45, 2.75) is 24.3 Å². The van der Waals surface area contributed by atoms with Gasteiger partial charge < -0.3 is 5.73 Å². The topological polar surface area (TPSA) is 72.2 Å². The van der Waals surface area contributed by atoms with Crippen molar-refractivity contribution in [1.29, 1.82) is 0 Å². The van der Waals surface area contributed by atoms with Crippen molar-refractivity contribution in [3.05, 3.63) is 53.0 Å². The monoisotopic (exact) mass is 382 g/mol. The molecule has 0 aliphatic carbocycles. The minimum absolute atomic E-state index is 0.184. The van der Waals surface area contributed by atoms with E-state index >= 15 is 0 Å². The summed E-state index contributed by atoms with van der Waals surface area (Å²) in [5, 5.41) is 0. The molecule has 0 heterocycles. The van der Waals surface area contributed by atoms with E-state index in [4.69, 9.17) is 5.73 Å². The summed E-state index contributed by atoms with van der Waals surface area (Å²) < 4.78 is 27.9. The van der Waals surface area contributed by atoms with Crippen molar-refractivity contribution in [1.82, 2.24) is 4.72 Å². The average molecular weight is 383 g/mol. The molecule has 0 aliphatic rings. The van der Waals surface area contributed by atoms with Crippen LogP contribution in [0.2, 0.25) is 0 Å². The lowest BCUT2D eigenvalue weighted by Crippen LogP contribution is -2.45. The molecule has 0 spiro atoms. The molecular formula is C16H19BrN2O2S. The second-order valence-electron chi connectivity index (χ2n) is 5.84. The van der Waals surface area contributed by atoms with E-state index in [1.807, 2.05) is 24.3 Å². The Morgan fingerprint density at radius 3 is 1.91 bits per heavy atom. The zero-order chi connectivity index (χ0) is 16.4. The molecule has 118 valence electrons. The van der Waals surface area contributed by atoms with E-state index in [1.54, 1.807) is 38.1 Å². The van der Waals surface area contributed by atoms with E-state index in [1.165, 1.54) is 0 Å². The molecule has 22 heavy (non-hydrogen) atoms. The Morgan fingerprint density at radius 1 is 1.00 bits per heavy atom. The lowest BCUT2D eigenvalue weighted by atomic mass is 10.1. The summed E-state index contributed by atoms with van der Waals surface area (Å²) in [6, 6.07) is 14.6. The second-order valence-corrected chi connectivity index (χ2v) is 8.53. The van der Waals surface area contributed by atoms with E-state index in [2.05, 4.69) is 20.7 Å². The molecule has 4 nitrogen and oxygen atoms in total. The van der Waals surface area contributed by atoms with Crippen molar-refractivity contribution in [3.8, 4) is 11.1 Å². The highest BCUT2D eigenvalue weighted by atomic mass is 79.9. The Bertz CT molecular complexity index is 733. The van der Waals surface area contributed by atoms with E-state index in [9.17, 15) is 8.42 Å². The lowest BCUT2D eigenvalue weighted by Gasteiger charge is -2.19. The molecule has 3 N–H and O–H groups in total. The molecule has 0 amide bonds. The van der Waals surface area contributed by atoms with Crippen LogP contribution >= 0.6 is 15.9 Å². The molecule has 0 aliphatic heterocycles. The third-order valence-corrected chi connectivity index (χ3v) is 5.01. The van der Waals surface area contributed by atoms with Crippen LogP contribution in [0.4, 0.5) is 0 Å². The Labute approximate surface area is 139 Å². The maximum absolute atomic E-state index is 12.2. The quantitative estimate of drug-likeness (QED) is 0.833. The summed E-state index contributed by atoms with van der Waals surface area (Å²) in [5.74, 6) is 0. The highest BCUT2D eigenvalue weighted by molar-refractivity contribution is 9.10. The molecule has 2 aromatic rings. The number of halogens is 1. The van der Waals surface area contributed by atoms with Crippen molar-refractivity contribution in [2.24, 2.45) is 5.73 Å². The van der Waals surface area contributed by atoms with Gasteiger partial charge in [-0.15, -0.1) is 0 Å². The van der Waals surface area contributed by atoms with Gasteiger partial charge in [0.2, 0.25) is 10.0 Å².